The molecule has 0 saturated heterocycles. The van der Waals surface area contributed by atoms with Crippen molar-refractivity contribution in [1.29, 1.82) is 0 Å². The van der Waals surface area contributed by atoms with Crippen LogP contribution in [0.2, 0.25) is 0 Å². The van der Waals surface area contributed by atoms with E-state index in [9.17, 15) is 0 Å². The summed E-state index contributed by atoms with van der Waals surface area (Å²) < 4.78 is 0. The molecule has 0 bridgehead atoms. The van der Waals surface area contributed by atoms with E-state index in [1.54, 1.807) is 0 Å². The molecule has 0 spiro atoms. The van der Waals surface area contributed by atoms with E-state index in [-0.39, 0.29) is 0 Å². The molecule has 192 valence electrons. The molecule has 1 atom stereocenters. The summed E-state index contributed by atoms with van der Waals surface area (Å²) in [6.45, 7) is 0. The average Bonchev–Trinajstić information content (AvgIpc) is 3.04. The maximum atomic E-state index is 3.12. The number of rotatable bonds is 3. The summed E-state index contributed by atoms with van der Waals surface area (Å²) in [7, 11) is 3.12. The summed E-state index contributed by atoms with van der Waals surface area (Å²) in [6.07, 6.45) is 0. The Kier molecular flexibility index (Phi) is 5.69. The highest BCUT2D eigenvalue weighted by Gasteiger charge is 2.20. The van der Waals surface area contributed by atoms with Crippen LogP contribution in [0.4, 0.5) is 0 Å². The van der Waals surface area contributed by atoms with Gasteiger partial charge in [0.1, 0.15) is 0 Å². The van der Waals surface area contributed by atoms with E-state index in [0.717, 1.165) is 0 Å². The second-order valence-electron chi connectivity index (χ2n) is 10.7. The topological polar surface area (TPSA) is 0 Å². The number of hydrogen-bond acceptors (Lipinski definition) is 0. The van der Waals surface area contributed by atoms with Crippen LogP contribution in [0.25, 0.3) is 76.5 Å². The van der Waals surface area contributed by atoms with Crippen molar-refractivity contribution in [2.75, 3.05) is 0 Å². The van der Waals surface area contributed by atoms with Crippen LogP contribution in [-0.2, 0) is 0 Å². The fourth-order valence-corrected chi connectivity index (χ4v) is 7.03. The molecule has 8 aromatic carbocycles. The lowest BCUT2D eigenvalue weighted by Gasteiger charge is -2.21. The first-order chi connectivity index (χ1) is 20.3. The van der Waals surface area contributed by atoms with Crippen molar-refractivity contribution in [1.82, 2.24) is 0 Å². The highest BCUT2D eigenvalue weighted by Crippen LogP contribution is 2.45. The van der Waals surface area contributed by atoms with Crippen LogP contribution in [0.1, 0.15) is 0 Å². The highest BCUT2D eigenvalue weighted by atomic mass is 31.0. The molecule has 0 amide bonds. The third-order valence-corrected chi connectivity index (χ3v) is 8.99. The zero-order valence-electron chi connectivity index (χ0n) is 22.5. The first kappa shape index (κ1) is 24.1. The second-order valence-corrected chi connectivity index (χ2v) is 11.3. The summed E-state index contributed by atoms with van der Waals surface area (Å²) in [5, 5.41) is 11.4. The Labute approximate surface area is 242 Å². The largest absolute Gasteiger partial charge is 0.104 e. The highest BCUT2D eigenvalue weighted by molar-refractivity contribution is 7.29. The van der Waals surface area contributed by atoms with Gasteiger partial charge in [0.15, 0.2) is 0 Å². The lowest BCUT2D eigenvalue weighted by molar-refractivity contribution is 1.66. The molecule has 0 aliphatic carbocycles. The van der Waals surface area contributed by atoms with Crippen LogP contribution >= 0.6 is 9.24 Å². The molecule has 0 N–H and O–H groups in total. The smallest absolute Gasteiger partial charge is 0.00148 e. The fraction of sp³-hybridized carbons (Fsp3) is 0. The van der Waals surface area contributed by atoms with E-state index in [1.165, 1.54) is 81.8 Å². The molecule has 0 aliphatic rings. The van der Waals surface area contributed by atoms with Crippen molar-refractivity contribution >= 4 is 57.6 Å². The fourth-order valence-electron chi connectivity index (χ4n) is 6.47. The van der Waals surface area contributed by atoms with Gasteiger partial charge in [-0.25, -0.2) is 0 Å². The van der Waals surface area contributed by atoms with Gasteiger partial charge in [-0.15, -0.1) is 9.24 Å². The number of fused-ring (bicyclic) bond motifs is 4. The molecule has 8 aromatic rings. The van der Waals surface area contributed by atoms with Gasteiger partial charge in [-0.2, -0.15) is 0 Å². The third kappa shape index (κ3) is 3.95. The number of benzene rings is 8. The van der Waals surface area contributed by atoms with Crippen LogP contribution in [-0.4, -0.2) is 0 Å². The van der Waals surface area contributed by atoms with Crippen molar-refractivity contribution < 1.29 is 0 Å². The van der Waals surface area contributed by atoms with E-state index in [1.807, 2.05) is 0 Å². The maximum absolute atomic E-state index is 3.12. The second kappa shape index (κ2) is 9.70. The maximum Gasteiger partial charge on any atom is -0.00148 e. The molecule has 0 aromatic heterocycles. The minimum atomic E-state index is 1.23. The van der Waals surface area contributed by atoms with Crippen LogP contribution in [0.5, 0.6) is 0 Å². The SMILES string of the molecule is Pc1c(-c2ccccc2)ccc2c(-c3ccc4ccccc4c3)c3ccccc3c(-c3ccc4ccccc4c3)c12. The molecule has 0 saturated carbocycles. The normalized spacial score (nSPS) is 11.5. The first-order valence-corrected chi connectivity index (χ1v) is 14.6. The molecular weight excluding hydrogens is 511 g/mol. The van der Waals surface area contributed by atoms with Gasteiger partial charge in [-0.1, -0.05) is 140 Å². The minimum absolute atomic E-state index is 1.23. The van der Waals surface area contributed by atoms with Gasteiger partial charge in [-0.3, -0.25) is 0 Å². The van der Waals surface area contributed by atoms with Gasteiger partial charge in [0.2, 0.25) is 0 Å². The molecule has 0 radical (unpaired) electrons. The summed E-state index contributed by atoms with van der Waals surface area (Å²) in [5.74, 6) is 0. The molecule has 0 heterocycles. The lowest BCUT2D eigenvalue weighted by atomic mass is 9.84. The Bertz CT molecular complexity index is 2260. The Morgan fingerprint density at radius 1 is 0.341 bits per heavy atom. The Morgan fingerprint density at radius 3 is 1.49 bits per heavy atom. The third-order valence-electron chi connectivity index (χ3n) is 8.39. The molecule has 0 nitrogen and oxygen atoms in total. The molecular formula is C40H27P. The summed E-state index contributed by atoms with van der Waals surface area (Å²) in [6, 6.07) is 55.3. The van der Waals surface area contributed by atoms with Crippen molar-refractivity contribution in [2.24, 2.45) is 0 Å². The zero-order chi connectivity index (χ0) is 27.3. The summed E-state index contributed by atoms with van der Waals surface area (Å²) in [5.41, 5.74) is 7.52. The van der Waals surface area contributed by atoms with Gasteiger partial charge in [0.25, 0.3) is 0 Å². The zero-order valence-corrected chi connectivity index (χ0v) is 23.7. The van der Waals surface area contributed by atoms with E-state index in [2.05, 4.69) is 161 Å². The summed E-state index contributed by atoms with van der Waals surface area (Å²) >= 11 is 0. The monoisotopic (exact) mass is 538 g/mol. The van der Waals surface area contributed by atoms with E-state index >= 15 is 0 Å². The molecule has 1 unspecified atom stereocenters. The minimum Gasteiger partial charge on any atom is -0.104 e. The summed E-state index contributed by atoms with van der Waals surface area (Å²) in [4.78, 5) is 0. The lowest BCUT2D eigenvalue weighted by Crippen LogP contribution is -2.03. The number of hydrogen-bond donors (Lipinski definition) is 0. The Morgan fingerprint density at radius 2 is 0.854 bits per heavy atom. The van der Waals surface area contributed by atoms with Crippen molar-refractivity contribution in [3.63, 3.8) is 0 Å². The van der Waals surface area contributed by atoms with E-state index < -0.39 is 0 Å². The quantitative estimate of drug-likeness (QED) is 0.155. The molecule has 0 fully saturated rings. The molecule has 0 aliphatic heterocycles. The van der Waals surface area contributed by atoms with E-state index in [4.69, 9.17) is 0 Å². The van der Waals surface area contributed by atoms with Crippen LogP contribution < -0.4 is 5.30 Å². The van der Waals surface area contributed by atoms with Gasteiger partial charge < -0.3 is 0 Å². The Hall–Kier alpha value is -4.77. The van der Waals surface area contributed by atoms with Crippen molar-refractivity contribution in [3.8, 4) is 33.4 Å². The predicted molar refractivity (Wildman–Crippen MR) is 182 cm³/mol. The van der Waals surface area contributed by atoms with Crippen LogP contribution in [0.3, 0.4) is 0 Å². The van der Waals surface area contributed by atoms with Crippen molar-refractivity contribution in [2.45, 2.75) is 0 Å². The predicted octanol–water partition coefficient (Wildman–Crippen LogP) is 10.8. The standard InChI is InChI=1S/C40H27P/c41-40-33(28-12-2-1-3-13-28)22-23-36-37(31-20-18-26-10-4-6-14-29(26)24-31)34-16-8-9-17-35(34)38(39(36)40)32-21-19-27-11-5-7-15-30(27)25-32/h1-25H,41H2. The van der Waals surface area contributed by atoms with Gasteiger partial charge in [0, 0.05) is 0 Å². The first-order valence-electron chi connectivity index (χ1n) is 14.1. The molecule has 41 heavy (non-hydrogen) atoms. The van der Waals surface area contributed by atoms with Gasteiger partial charge >= 0.3 is 0 Å². The molecule has 1 heteroatoms. The van der Waals surface area contributed by atoms with Crippen molar-refractivity contribution in [3.05, 3.63) is 152 Å². The molecule has 8 rings (SSSR count). The average molecular weight is 539 g/mol. The van der Waals surface area contributed by atoms with Gasteiger partial charge in [0.05, 0.1) is 0 Å². The van der Waals surface area contributed by atoms with Gasteiger partial charge in [-0.05, 0) is 93.9 Å². The van der Waals surface area contributed by atoms with Crippen LogP contribution in [0, 0.1) is 0 Å². The van der Waals surface area contributed by atoms with Crippen LogP contribution in [0.15, 0.2) is 152 Å². The Balaban J connectivity index is 1.55. The van der Waals surface area contributed by atoms with E-state index in [0.29, 0.717) is 0 Å².